The zero-order valence-corrected chi connectivity index (χ0v) is 21.1. The lowest BCUT2D eigenvalue weighted by Gasteiger charge is -2.14. The van der Waals surface area contributed by atoms with Crippen molar-refractivity contribution in [2.24, 2.45) is 4.99 Å². The van der Waals surface area contributed by atoms with E-state index in [2.05, 4.69) is 26.4 Å². The molecule has 0 atom stereocenters. The number of rotatable bonds is 14. The average Bonchev–Trinajstić information content (AvgIpc) is 2.72. The molecule has 1 rings (SSSR count). The van der Waals surface area contributed by atoms with Crippen molar-refractivity contribution in [2.75, 3.05) is 40.0 Å². The molecule has 1 aromatic rings. The summed E-state index contributed by atoms with van der Waals surface area (Å²) in [6.45, 7) is 9.53. The molecule has 2 N–H and O–H groups in total. The number of esters is 1. The SMILES string of the molecule is CCNC(=NCCCCCC(=O)OC)NCCc1ccc(OCC)c(OCC)c1.I. The fourth-order valence-electron chi connectivity index (χ4n) is 2.77. The molecule has 172 valence electrons. The Kier molecular flexibility index (Phi) is 17.1. The van der Waals surface area contributed by atoms with Gasteiger partial charge in [-0.15, -0.1) is 24.0 Å². The van der Waals surface area contributed by atoms with Crippen molar-refractivity contribution >= 4 is 35.9 Å². The molecular weight excluding hydrogens is 497 g/mol. The van der Waals surface area contributed by atoms with Crippen LogP contribution in [0.15, 0.2) is 23.2 Å². The minimum Gasteiger partial charge on any atom is -0.490 e. The molecule has 0 aliphatic carbocycles. The number of aliphatic imine (C=N–C) groups is 1. The second-order valence-corrected chi connectivity index (χ2v) is 6.47. The number of nitrogens with zero attached hydrogens (tertiary/aromatic N) is 1. The molecule has 0 unspecified atom stereocenters. The van der Waals surface area contributed by atoms with Crippen LogP contribution in [0, 0.1) is 0 Å². The van der Waals surface area contributed by atoms with Crippen LogP contribution in [0.4, 0.5) is 0 Å². The maximum atomic E-state index is 11.1. The van der Waals surface area contributed by atoms with Crippen molar-refractivity contribution < 1.29 is 19.0 Å². The minimum atomic E-state index is -0.148. The Morgan fingerprint density at radius 1 is 1.00 bits per heavy atom. The number of carbonyl (C=O) groups excluding carboxylic acids is 1. The Bertz CT molecular complexity index is 626. The summed E-state index contributed by atoms with van der Waals surface area (Å²) in [5, 5.41) is 6.64. The van der Waals surface area contributed by atoms with Crippen molar-refractivity contribution in [1.82, 2.24) is 10.6 Å². The van der Waals surface area contributed by atoms with E-state index in [9.17, 15) is 4.79 Å². The molecule has 0 bridgehead atoms. The Morgan fingerprint density at radius 2 is 1.73 bits per heavy atom. The number of unbranched alkanes of at least 4 members (excludes halogenated alkanes) is 2. The first kappa shape index (κ1) is 28.3. The third-order valence-electron chi connectivity index (χ3n) is 4.19. The minimum absolute atomic E-state index is 0. The number of nitrogens with one attached hydrogen (secondary N) is 2. The summed E-state index contributed by atoms with van der Waals surface area (Å²) in [5.74, 6) is 2.24. The lowest BCUT2D eigenvalue weighted by molar-refractivity contribution is -0.140. The third kappa shape index (κ3) is 12.1. The maximum absolute atomic E-state index is 11.1. The Morgan fingerprint density at radius 3 is 2.40 bits per heavy atom. The highest BCUT2D eigenvalue weighted by Gasteiger charge is 2.06. The van der Waals surface area contributed by atoms with Gasteiger partial charge in [-0.3, -0.25) is 9.79 Å². The predicted molar refractivity (Wildman–Crippen MR) is 132 cm³/mol. The van der Waals surface area contributed by atoms with Crippen molar-refractivity contribution in [1.29, 1.82) is 0 Å². The van der Waals surface area contributed by atoms with E-state index in [-0.39, 0.29) is 29.9 Å². The maximum Gasteiger partial charge on any atom is 0.305 e. The van der Waals surface area contributed by atoms with E-state index in [1.54, 1.807) is 0 Å². The van der Waals surface area contributed by atoms with Crippen LogP contribution in [0.5, 0.6) is 11.5 Å². The fraction of sp³-hybridized carbons (Fsp3) is 0.636. The van der Waals surface area contributed by atoms with E-state index >= 15 is 0 Å². The molecule has 8 heteroatoms. The van der Waals surface area contributed by atoms with Gasteiger partial charge < -0.3 is 24.8 Å². The smallest absolute Gasteiger partial charge is 0.305 e. The summed E-state index contributed by atoms with van der Waals surface area (Å²) < 4.78 is 16.0. The van der Waals surface area contributed by atoms with Gasteiger partial charge in [0.05, 0.1) is 20.3 Å². The standard InChI is InChI=1S/C22H37N3O4.HI/c1-5-23-22(24-15-10-8-9-11-21(26)27-4)25-16-14-18-12-13-19(28-6-2)20(17-18)29-7-3;/h12-13,17H,5-11,14-16H2,1-4H3,(H2,23,24,25);1H. The van der Waals surface area contributed by atoms with Gasteiger partial charge in [-0.2, -0.15) is 0 Å². The number of halogens is 1. The van der Waals surface area contributed by atoms with Gasteiger partial charge in [0, 0.05) is 26.1 Å². The Balaban J connectivity index is 0.00000841. The quantitative estimate of drug-likeness (QED) is 0.124. The molecule has 0 amide bonds. The third-order valence-corrected chi connectivity index (χ3v) is 4.19. The molecule has 0 aliphatic rings. The summed E-state index contributed by atoms with van der Waals surface area (Å²) in [5.41, 5.74) is 1.18. The van der Waals surface area contributed by atoms with Crippen LogP contribution in [0.25, 0.3) is 0 Å². The van der Waals surface area contributed by atoms with Crippen LogP contribution in [0.3, 0.4) is 0 Å². The summed E-state index contributed by atoms with van der Waals surface area (Å²) in [7, 11) is 1.42. The first-order valence-corrected chi connectivity index (χ1v) is 10.6. The Hall–Kier alpha value is -1.71. The molecule has 0 heterocycles. The van der Waals surface area contributed by atoms with E-state index in [1.165, 1.54) is 12.7 Å². The van der Waals surface area contributed by atoms with E-state index < -0.39 is 0 Å². The molecule has 0 radical (unpaired) electrons. The highest BCUT2D eigenvalue weighted by atomic mass is 127. The van der Waals surface area contributed by atoms with Gasteiger partial charge in [0.2, 0.25) is 0 Å². The van der Waals surface area contributed by atoms with Gasteiger partial charge >= 0.3 is 5.97 Å². The zero-order chi connectivity index (χ0) is 21.3. The lowest BCUT2D eigenvalue weighted by Crippen LogP contribution is -2.38. The van der Waals surface area contributed by atoms with Crippen LogP contribution in [0.1, 0.15) is 52.0 Å². The highest BCUT2D eigenvalue weighted by molar-refractivity contribution is 14.0. The van der Waals surface area contributed by atoms with Crippen LogP contribution in [-0.4, -0.2) is 51.9 Å². The molecule has 7 nitrogen and oxygen atoms in total. The molecule has 0 spiro atoms. The monoisotopic (exact) mass is 535 g/mol. The van der Waals surface area contributed by atoms with E-state index in [0.29, 0.717) is 19.6 Å². The normalized spacial score (nSPS) is 10.7. The number of guanidine groups is 1. The second-order valence-electron chi connectivity index (χ2n) is 6.47. The lowest BCUT2D eigenvalue weighted by atomic mass is 10.1. The molecule has 30 heavy (non-hydrogen) atoms. The largest absolute Gasteiger partial charge is 0.490 e. The van der Waals surface area contributed by atoms with Crippen LogP contribution >= 0.6 is 24.0 Å². The predicted octanol–water partition coefficient (Wildman–Crippen LogP) is 3.93. The summed E-state index contributed by atoms with van der Waals surface area (Å²) in [6, 6.07) is 6.08. The molecule has 0 fully saturated rings. The summed E-state index contributed by atoms with van der Waals surface area (Å²) >= 11 is 0. The van der Waals surface area contributed by atoms with Gasteiger partial charge in [-0.05, 0) is 57.7 Å². The van der Waals surface area contributed by atoms with E-state index in [0.717, 1.165) is 62.8 Å². The average molecular weight is 535 g/mol. The molecule has 0 saturated carbocycles. The van der Waals surface area contributed by atoms with Crippen LogP contribution < -0.4 is 20.1 Å². The summed E-state index contributed by atoms with van der Waals surface area (Å²) in [6.07, 6.45) is 4.08. The van der Waals surface area contributed by atoms with Crippen molar-refractivity contribution in [3.05, 3.63) is 23.8 Å². The van der Waals surface area contributed by atoms with Crippen molar-refractivity contribution in [3.63, 3.8) is 0 Å². The van der Waals surface area contributed by atoms with E-state index in [1.807, 2.05) is 32.9 Å². The summed E-state index contributed by atoms with van der Waals surface area (Å²) in [4.78, 5) is 15.7. The fourth-order valence-corrected chi connectivity index (χ4v) is 2.77. The van der Waals surface area contributed by atoms with Crippen molar-refractivity contribution in [2.45, 2.75) is 52.9 Å². The van der Waals surface area contributed by atoms with Gasteiger partial charge in [0.15, 0.2) is 17.5 Å². The molecular formula is C22H38IN3O4. The van der Waals surface area contributed by atoms with Gasteiger partial charge in [-0.25, -0.2) is 0 Å². The van der Waals surface area contributed by atoms with Gasteiger partial charge in [0.25, 0.3) is 0 Å². The van der Waals surface area contributed by atoms with Crippen LogP contribution in [0.2, 0.25) is 0 Å². The second kappa shape index (κ2) is 18.1. The van der Waals surface area contributed by atoms with Crippen LogP contribution in [-0.2, 0) is 16.0 Å². The molecule has 0 saturated heterocycles. The first-order valence-electron chi connectivity index (χ1n) is 10.6. The molecule has 1 aromatic carbocycles. The number of benzene rings is 1. The zero-order valence-electron chi connectivity index (χ0n) is 18.8. The number of carbonyl (C=O) groups is 1. The van der Waals surface area contributed by atoms with Gasteiger partial charge in [0.1, 0.15) is 0 Å². The number of hydrogen-bond donors (Lipinski definition) is 2. The number of methoxy groups -OCH3 is 1. The number of hydrogen-bond acceptors (Lipinski definition) is 5. The molecule has 0 aromatic heterocycles. The van der Waals surface area contributed by atoms with Crippen molar-refractivity contribution in [3.8, 4) is 11.5 Å². The van der Waals surface area contributed by atoms with Gasteiger partial charge in [-0.1, -0.05) is 12.5 Å². The topological polar surface area (TPSA) is 81.2 Å². The molecule has 0 aliphatic heterocycles. The Labute approximate surface area is 198 Å². The highest BCUT2D eigenvalue weighted by Crippen LogP contribution is 2.28. The van der Waals surface area contributed by atoms with E-state index in [4.69, 9.17) is 9.47 Å². The number of ether oxygens (including phenoxy) is 3. The first-order chi connectivity index (χ1) is 14.1.